The first-order valence-corrected chi connectivity index (χ1v) is 21.2. The van der Waals surface area contributed by atoms with Crippen LogP contribution < -0.4 is 11.1 Å². The molecule has 6 rings (SSSR count). The molecule has 6 aliphatic carbocycles. The molecular weight excluding hydrogens is 725 g/mol. The Balaban J connectivity index is 0.000000232. The number of hydrogen-bond donors (Lipinski definition) is 7. The normalized spacial score (nSPS) is 43.7. The molecule has 8 N–H and O–H groups in total. The van der Waals surface area contributed by atoms with E-state index in [1.807, 2.05) is 0 Å². The maximum Gasteiger partial charge on any atom is 0.471 e. The van der Waals surface area contributed by atoms with E-state index in [0.717, 1.165) is 76.8 Å². The van der Waals surface area contributed by atoms with Crippen LogP contribution in [-0.2, 0) is 9.59 Å². The summed E-state index contributed by atoms with van der Waals surface area (Å²) in [4.78, 5) is 20.5. The van der Waals surface area contributed by atoms with E-state index in [4.69, 9.17) is 15.6 Å². The number of carbonyl (C=O) groups excluding carboxylic acids is 1. The van der Waals surface area contributed by atoms with Crippen molar-refractivity contribution in [1.82, 2.24) is 5.32 Å². The van der Waals surface area contributed by atoms with E-state index in [1.54, 1.807) is 0 Å². The summed E-state index contributed by atoms with van der Waals surface area (Å²) in [5.41, 5.74) is 8.90. The molecule has 0 aromatic rings. The highest BCUT2D eigenvalue weighted by Crippen LogP contribution is 2.65. The fraction of sp³-hybridized carbons (Fsp3) is 0.864. The third kappa shape index (κ3) is 9.24. The third-order valence-corrected chi connectivity index (χ3v) is 17.0. The maximum absolute atomic E-state index is 12.8. The molecule has 0 unspecified atom stereocenters. The lowest BCUT2D eigenvalue weighted by atomic mass is 9.49. The number of nitrogens with one attached hydrogen (secondary N) is 1. The molecular formula is C44H73F3N2O7. The Morgan fingerprint density at radius 3 is 1.50 bits per heavy atom. The van der Waals surface area contributed by atoms with Gasteiger partial charge in [-0.15, -0.1) is 0 Å². The van der Waals surface area contributed by atoms with Gasteiger partial charge in [0.15, 0.2) is 0 Å². The first kappa shape index (κ1) is 46.7. The largest absolute Gasteiger partial charge is 0.481 e. The summed E-state index contributed by atoms with van der Waals surface area (Å²) in [6.45, 7) is 19.6. The fourth-order valence-corrected chi connectivity index (χ4v) is 13.3. The zero-order valence-electron chi connectivity index (χ0n) is 34.7. The van der Waals surface area contributed by atoms with Gasteiger partial charge in [-0.25, -0.2) is 0 Å². The summed E-state index contributed by atoms with van der Waals surface area (Å²) in [5, 5.41) is 49.7. The van der Waals surface area contributed by atoms with Gasteiger partial charge in [0, 0.05) is 26.7 Å². The lowest BCUT2D eigenvalue weighted by Crippen LogP contribution is -2.54. The van der Waals surface area contributed by atoms with Crippen molar-refractivity contribution in [3.05, 3.63) is 24.3 Å². The molecule has 0 radical (unpaired) electrons. The van der Waals surface area contributed by atoms with Crippen molar-refractivity contribution in [3.63, 3.8) is 0 Å². The molecule has 0 saturated heterocycles. The Bertz CT molecular complexity index is 1410. The van der Waals surface area contributed by atoms with Crippen molar-refractivity contribution in [3.8, 4) is 0 Å². The van der Waals surface area contributed by atoms with E-state index in [2.05, 4.69) is 46.2 Å². The van der Waals surface area contributed by atoms with Crippen molar-refractivity contribution in [2.75, 3.05) is 26.3 Å². The van der Waals surface area contributed by atoms with E-state index in [-0.39, 0.29) is 77.1 Å². The molecule has 6 saturated carbocycles. The SMILES string of the molecule is C=C1CC[C@H]2[C@H](CN)[C@@H]([C@@]3(C)CC[C@H](O)C[C@@H]3CO)CC[C@]12C.C=C1CC[C@H]2[C@H](CNC(=O)C(F)(F)F)[C@@H]([C@@]3(C)CC[C@H](O)C[C@@H]3CO)CC[C@]12C.CC(=O)O. The summed E-state index contributed by atoms with van der Waals surface area (Å²) >= 11 is 0. The quantitative estimate of drug-likeness (QED) is 0.135. The smallest absolute Gasteiger partial charge is 0.471 e. The Morgan fingerprint density at radius 2 is 1.12 bits per heavy atom. The van der Waals surface area contributed by atoms with Gasteiger partial charge in [-0.05, 0) is 165 Å². The monoisotopic (exact) mass is 799 g/mol. The highest BCUT2D eigenvalue weighted by molar-refractivity contribution is 5.81. The number of aliphatic hydroxyl groups excluding tert-OH is 4. The molecule has 0 heterocycles. The molecule has 0 aliphatic heterocycles. The van der Waals surface area contributed by atoms with Gasteiger partial charge in [0.05, 0.1) is 12.2 Å². The Kier molecular flexibility index (Phi) is 15.1. The second kappa shape index (κ2) is 18.1. The molecule has 0 aromatic carbocycles. The van der Waals surface area contributed by atoms with Crippen LogP contribution in [0.15, 0.2) is 24.3 Å². The van der Waals surface area contributed by atoms with Crippen molar-refractivity contribution >= 4 is 11.9 Å². The highest BCUT2D eigenvalue weighted by atomic mass is 19.4. The van der Waals surface area contributed by atoms with Crippen LogP contribution in [0.5, 0.6) is 0 Å². The predicted octanol–water partition coefficient (Wildman–Crippen LogP) is 7.02. The summed E-state index contributed by atoms with van der Waals surface area (Å²) < 4.78 is 38.4. The number of carbonyl (C=O) groups is 2. The van der Waals surface area contributed by atoms with Crippen molar-refractivity contribution in [2.45, 2.75) is 143 Å². The summed E-state index contributed by atoms with van der Waals surface area (Å²) in [7, 11) is 0. The predicted molar refractivity (Wildman–Crippen MR) is 211 cm³/mol. The molecule has 14 atom stereocenters. The second-order valence-corrected chi connectivity index (χ2v) is 19.5. The number of amides is 1. The van der Waals surface area contributed by atoms with Crippen LogP contribution in [-0.4, -0.2) is 82.1 Å². The molecule has 0 spiro atoms. The standard InChI is InChI=1S/C22H34F3NO3.C20H35NO2.C2H4O2/c1-13-4-5-17-16(11-26-19(29)22(23,24)25)18(7-9-20(13,17)2)21(3)8-6-15(28)10-14(21)12-27;1-13-4-5-17-16(11-21)18(7-9-19(13,17)2)20(3)8-6-15(23)10-14(20)12-22;1-2(3)4/h14-18,27-28H,1,4-12H2,2-3H3,(H,26,29);14-18,22-23H,1,4-12,21H2,2-3H3;1H3,(H,3,4)/t14-,15+,16+,17+,18+,20-,21+;14-,15+,16+,17+,18+,19-,20+;/m11./s1. The lowest BCUT2D eigenvalue weighted by molar-refractivity contribution is -0.174. The Labute approximate surface area is 333 Å². The van der Waals surface area contributed by atoms with Crippen molar-refractivity contribution in [1.29, 1.82) is 0 Å². The zero-order valence-corrected chi connectivity index (χ0v) is 34.7. The number of carboxylic acid groups (broad SMARTS) is 1. The van der Waals surface area contributed by atoms with Gasteiger partial charge in [0.1, 0.15) is 0 Å². The number of alkyl halides is 3. The molecule has 1 amide bonds. The van der Waals surface area contributed by atoms with Crippen LogP contribution in [0.4, 0.5) is 13.2 Å². The number of aliphatic carboxylic acids is 1. The average molecular weight is 799 g/mol. The van der Waals surface area contributed by atoms with Gasteiger partial charge in [-0.1, -0.05) is 52.0 Å². The van der Waals surface area contributed by atoms with Crippen LogP contribution in [0, 0.1) is 69.0 Å². The van der Waals surface area contributed by atoms with Gasteiger partial charge in [-0.3, -0.25) is 9.59 Å². The van der Waals surface area contributed by atoms with Gasteiger partial charge in [-0.2, -0.15) is 13.2 Å². The number of carboxylic acids is 1. The summed E-state index contributed by atoms with van der Waals surface area (Å²) in [5.74, 6) is -0.692. The van der Waals surface area contributed by atoms with Gasteiger partial charge in [0.25, 0.3) is 5.97 Å². The zero-order chi connectivity index (χ0) is 42.0. The lowest BCUT2D eigenvalue weighted by Gasteiger charge is -2.56. The number of fused-ring (bicyclic) bond motifs is 2. The minimum Gasteiger partial charge on any atom is -0.481 e. The van der Waals surface area contributed by atoms with Gasteiger partial charge >= 0.3 is 12.1 Å². The Morgan fingerprint density at radius 1 is 0.732 bits per heavy atom. The maximum atomic E-state index is 12.8. The molecule has 56 heavy (non-hydrogen) atoms. The number of aliphatic hydroxyl groups is 4. The third-order valence-electron chi connectivity index (χ3n) is 17.0. The van der Waals surface area contributed by atoms with E-state index >= 15 is 0 Å². The minimum atomic E-state index is -4.89. The number of nitrogens with two attached hydrogens (primary N) is 1. The number of rotatable bonds is 7. The van der Waals surface area contributed by atoms with Crippen LogP contribution in [0.1, 0.15) is 125 Å². The second-order valence-electron chi connectivity index (χ2n) is 19.5. The first-order valence-electron chi connectivity index (χ1n) is 21.2. The van der Waals surface area contributed by atoms with E-state index in [9.17, 15) is 38.4 Å². The number of halogens is 3. The number of allylic oxidation sites excluding steroid dienone is 2. The summed E-state index contributed by atoms with van der Waals surface area (Å²) in [6, 6.07) is 0. The van der Waals surface area contributed by atoms with E-state index in [1.165, 1.54) is 24.8 Å². The topological polar surface area (TPSA) is 173 Å². The van der Waals surface area contributed by atoms with E-state index in [0.29, 0.717) is 30.6 Å². The summed E-state index contributed by atoms with van der Waals surface area (Å²) in [6.07, 6.45) is 7.26. The molecule has 12 heteroatoms. The molecule has 0 bridgehead atoms. The van der Waals surface area contributed by atoms with Crippen LogP contribution in [0.25, 0.3) is 0 Å². The average Bonchev–Trinajstić information content (AvgIpc) is 3.61. The first-order chi connectivity index (χ1) is 26.0. The molecule has 6 fully saturated rings. The number of hydrogen-bond acceptors (Lipinski definition) is 7. The Hall–Kier alpha value is -1.99. The molecule has 6 aliphatic rings. The van der Waals surface area contributed by atoms with Crippen molar-refractivity contribution < 1.29 is 48.3 Å². The molecule has 9 nitrogen and oxygen atoms in total. The van der Waals surface area contributed by atoms with Crippen LogP contribution >= 0.6 is 0 Å². The van der Waals surface area contributed by atoms with Gasteiger partial charge < -0.3 is 36.6 Å². The van der Waals surface area contributed by atoms with Gasteiger partial charge in [0.2, 0.25) is 0 Å². The molecule has 0 aromatic heterocycles. The van der Waals surface area contributed by atoms with E-state index < -0.39 is 24.2 Å². The van der Waals surface area contributed by atoms with Crippen molar-refractivity contribution in [2.24, 2.45) is 74.7 Å². The van der Waals surface area contributed by atoms with Crippen LogP contribution in [0.3, 0.4) is 0 Å². The molecule has 322 valence electrons. The fourth-order valence-electron chi connectivity index (χ4n) is 13.3. The van der Waals surface area contributed by atoms with Crippen LogP contribution in [0.2, 0.25) is 0 Å². The highest BCUT2D eigenvalue weighted by Gasteiger charge is 2.58. The minimum absolute atomic E-state index is 0.00710.